The van der Waals surface area contributed by atoms with Crippen molar-refractivity contribution in [3.8, 4) is 11.3 Å². The van der Waals surface area contributed by atoms with Crippen molar-refractivity contribution in [2.75, 3.05) is 0 Å². The quantitative estimate of drug-likeness (QED) is 0.575. The summed E-state index contributed by atoms with van der Waals surface area (Å²) in [6, 6.07) is 20.8. The highest BCUT2D eigenvalue weighted by molar-refractivity contribution is 5.93. The van der Waals surface area contributed by atoms with Gasteiger partial charge in [0.15, 0.2) is 11.5 Å². The van der Waals surface area contributed by atoms with E-state index in [4.69, 9.17) is 4.52 Å². The van der Waals surface area contributed by atoms with Crippen LogP contribution in [0.2, 0.25) is 0 Å². The molecule has 0 saturated heterocycles. The number of aromatic nitrogens is 1. The van der Waals surface area contributed by atoms with E-state index in [9.17, 15) is 4.79 Å². The van der Waals surface area contributed by atoms with Crippen molar-refractivity contribution in [1.82, 2.24) is 10.6 Å². The van der Waals surface area contributed by atoms with Crippen molar-refractivity contribution < 1.29 is 9.32 Å². The average Bonchev–Trinajstić information content (AvgIpc) is 3.13. The zero-order chi connectivity index (χ0) is 16.6. The number of hydrogen-bond acceptors (Lipinski definition) is 4. The fraction of sp³-hybridized carbons (Fsp3) is 0. The van der Waals surface area contributed by atoms with Gasteiger partial charge in [0.1, 0.15) is 0 Å². The molecule has 24 heavy (non-hydrogen) atoms. The van der Waals surface area contributed by atoms with Gasteiger partial charge in [0.2, 0.25) is 0 Å². The van der Waals surface area contributed by atoms with Gasteiger partial charge in [-0.05, 0) is 11.6 Å². The van der Waals surface area contributed by atoms with Gasteiger partial charge < -0.3 is 4.52 Å². The Hall–Kier alpha value is -3.47. The van der Waals surface area contributed by atoms with E-state index in [1.54, 1.807) is 12.1 Å². The topological polar surface area (TPSA) is 67.5 Å². The fourth-order valence-electron chi connectivity index (χ4n) is 2.04. The van der Waals surface area contributed by atoms with E-state index in [0.717, 1.165) is 11.1 Å². The van der Waals surface area contributed by atoms with Crippen LogP contribution in [0, 0.1) is 0 Å². The summed E-state index contributed by atoms with van der Waals surface area (Å²) in [7, 11) is 0. The van der Waals surface area contributed by atoms with Crippen LogP contribution in [0.4, 0.5) is 0 Å². The molecule has 0 atom stereocenters. The molecule has 3 rings (SSSR count). The van der Waals surface area contributed by atoms with Crippen LogP contribution in [-0.2, 0) is 0 Å². The Morgan fingerprint density at radius 2 is 1.75 bits per heavy atom. The third-order valence-corrected chi connectivity index (χ3v) is 3.22. The minimum atomic E-state index is -0.426. The summed E-state index contributed by atoms with van der Waals surface area (Å²) in [5.41, 5.74) is 4.50. The summed E-state index contributed by atoms with van der Waals surface area (Å²) in [5.74, 6) is 0.110. The van der Waals surface area contributed by atoms with Gasteiger partial charge in [0, 0.05) is 17.8 Å². The molecule has 0 unspecified atom stereocenters. The molecule has 1 amide bonds. The van der Waals surface area contributed by atoms with E-state index < -0.39 is 5.91 Å². The van der Waals surface area contributed by atoms with Crippen molar-refractivity contribution in [2.45, 2.75) is 0 Å². The van der Waals surface area contributed by atoms with Crippen molar-refractivity contribution in [2.24, 2.45) is 5.10 Å². The SMILES string of the molecule is O=C(NN=CC=Cc1ccccc1)c1cc(-c2ccccc2)on1. The van der Waals surface area contributed by atoms with Crippen LogP contribution >= 0.6 is 0 Å². The molecule has 5 heteroatoms. The van der Waals surface area contributed by atoms with E-state index in [1.807, 2.05) is 66.7 Å². The predicted molar refractivity (Wildman–Crippen MR) is 93.4 cm³/mol. The second-order valence-electron chi connectivity index (χ2n) is 4.93. The number of carbonyl (C=O) groups is 1. The first-order valence-electron chi connectivity index (χ1n) is 7.40. The molecule has 0 saturated carbocycles. The summed E-state index contributed by atoms with van der Waals surface area (Å²) in [4.78, 5) is 12.0. The largest absolute Gasteiger partial charge is 0.355 e. The maximum absolute atomic E-state index is 12.0. The van der Waals surface area contributed by atoms with Gasteiger partial charge in [0.25, 0.3) is 5.91 Å². The molecule has 0 bridgehead atoms. The summed E-state index contributed by atoms with van der Waals surface area (Å²) in [6.45, 7) is 0. The number of rotatable bonds is 5. The van der Waals surface area contributed by atoms with Crippen LogP contribution in [-0.4, -0.2) is 17.3 Å². The Kier molecular flexibility index (Phi) is 4.94. The molecule has 1 aromatic heterocycles. The lowest BCUT2D eigenvalue weighted by atomic mass is 10.1. The Labute approximate surface area is 139 Å². The van der Waals surface area contributed by atoms with E-state index in [2.05, 4.69) is 15.7 Å². The third kappa shape index (κ3) is 4.04. The van der Waals surface area contributed by atoms with Crippen LogP contribution < -0.4 is 5.43 Å². The second kappa shape index (κ2) is 7.69. The third-order valence-electron chi connectivity index (χ3n) is 3.22. The molecular weight excluding hydrogens is 302 g/mol. The number of hydrazone groups is 1. The van der Waals surface area contributed by atoms with Gasteiger partial charge in [0.05, 0.1) is 0 Å². The first kappa shape index (κ1) is 15.4. The molecular formula is C19H15N3O2. The van der Waals surface area contributed by atoms with Crippen LogP contribution in [0.25, 0.3) is 17.4 Å². The molecule has 0 aliphatic heterocycles. The van der Waals surface area contributed by atoms with Gasteiger partial charge in [-0.25, -0.2) is 5.43 Å². The van der Waals surface area contributed by atoms with Crippen LogP contribution in [0.5, 0.6) is 0 Å². The van der Waals surface area contributed by atoms with Crippen LogP contribution in [0.15, 0.2) is 82.4 Å². The normalized spacial score (nSPS) is 11.2. The Morgan fingerprint density at radius 1 is 1.04 bits per heavy atom. The van der Waals surface area contributed by atoms with Crippen LogP contribution in [0.3, 0.4) is 0 Å². The van der Waals surface area contributed by atoms with E-state index in [0.29, 0.717) is 5.76 Å². The lowest BCUT2D eigenvalue weighted by Crippen LogP contribution is -2.17. The molecule has 0 radical (unpaired) electrons. The van der Waals surface area contributed by atoms with Crippen molar-refractivity contribution in [3.63, 3.8) is 0 Å². The van der Waals surface area contributed by atoms with Gasteiger partial charge in [-0.15, -0.1) is 0 Å². The monoisotopic (exact) mass is 317 g/mol. The van der Waals surface area contributed by atoms with Gasteiger partial charge >= 0.3 is 0 Å². The first-order chi connectivity index (χ1) is 11.8. The maximum atomic E-state index is 12.0. The lowest BCUT2D eigenvalue weighted by Gasteiger charge is -1.93. The minimum absolute atomic E-state index is 0.179. The van der Waals surface area contributed by atoms with Gasteiger partial charge in [-0.2, -0.15) is 5.10 Å². The average molecular weight is 317 g/mol. The Balaban J connectivity index is 1.57. The van der Waals surface area contributed by atoms with Crippen molar-refractivity contribution >= 4 is 18.2 Å². The molecule has 1 heterocycles. The highest BCUT2D eigenvalue weighted by Gasteiger charge is 2.12. The van der Waals surface area contributed by atoms with Crippen molar-refractivity contribution in [3.05, 3.63) is 84.1 Å². The predicted octanol–water partition coefficient (Wildman–Crippen LogP) is 3.77. The zero-order valence-corrected chi connectivity index (χ0v) is 12.8. The van der Waals surface area contributed by atoms with Crippen molar-refractivity contribution in [1.29, 1.82) is 0 Å². The summed E-state index contributed by atoms with van der Waals surface area (Å²) in [6.07, 6.45) is 5.14. The Bertz CT molecular complexity index is 853. The fourth-order valence-corrected chi connectivity index (χ4v) is 2.04. The molecule has 1 N–H and O–H groups in total. The summed E-state index contributed by atoms with van der Waals surface area (Å²) < 4.78 is 5.18. The second-order valence-corrected chi connectivity index (χ2v) is 4.93. The highest BCUT2D eigenvalue weighted by atomic mass is 16.5. The molecule has 0 spiro atoms. The van der Waals surface area contributed by atoms with Crippen LogP contribution in [0.1, 0.15) is 16.1 Å². The number of allylic oxidation sites excluding steroid dienone is 1. The number of nitrogens with one attached hydrogen (secondary N) is 1. The van der Waals surface area contributed by atoms with Gasteiger partial charge in [-0.1, -0.05) is 71.9 Å². The Morgan fingerprint density at radius 3 is 2.50 bits per heavy atom. The molecule has 0 aliphatic rings. The molecule has 2 aromatic carbocycles. The van der Waals surface area contributed by atoms with E-state index in [1.165, 1.54) is 6.21 Å². The number of carbonyl (C=O) groups excluding carboxylic acids is 1. The molecule has 3 aromatic rings. The minimum Gasteiger partial charge on any atom is -0.355 e. The lowest BCUT2D eigenvalue weighted by molar-refractivity contribution is 0.0946. The molecule has 118 valence electrons. The zero-order valence-electron chi connectivity index (χ0n) is 12.8. The number of hydrogen-bond donors (Lipinski definition) is 1. The number of amides is 1. The van der Waals surface area contributed by atoms with E-state index in [-0.39, 0.29) is 5.69 Å². The smallest absolute Gasteiger partial charge is 0.293 e. The van der Waals surface area contributed by atoms with Gasteiger partial charge in [-0.3, -0.25) is 4.79 Å². The highest BCUT2D eigenvalue weighted by Crippen LogP contribution is 2.19. The standard InChI is InChI=1S/C19H15N3O2/c23-19(21-20-13-7-10-15-8-3-1-4-9-15)17-14-18(24-22-17)16-11-5-2-6-12-16/h1-14H,(H,21,23). The molecule has 5 nitrogen and oxygen atoms in total. The first-order valence-corrected chi connectivity index (χ1v) is 7.40. The van der Waals surface area contributed by atoms with E-state index >= 15 is 0 Å². The molecule has 0 aliphatic carbocycles. The molecule has 0 fully saturated rings. The number of benzene rings is 2. The number of nitrogens with zero attached hydrogens (tertiary/aromatic N) is 2. The summed E-state index contributed by atoms with van der Waals surface area (Å²) >= 11 is 0. The maximum Gasteiger partial charge on any atom is 0.293 e. The summed E-state index contributed by atoms with van der Waals surface area (Å²) in [5, 5.41) is 7.61.